The molecule has 0 radical (unpaired) electrons. The molecule has 1 aromatic carbocycles. The summed E-state index contributed by atoms with van der Waals surface area (Å²) in [6, 6.07) is 8.13. The summed E-state index contributed by atoms with van der Waals surface area (Å²) in [5.74, 6) is -0.272. The molecular formula is C15H16N2O2S. The minimum Gasteiger partial charge on any atom is -0.454 e. The Kier molecular flexibility index (Phi) is 3.44. The first-order valence-electron chi connectivity index (χ1n) is 6.68. The highest BCUT2D eigenvalue weighted by Gasteiger charge is 2.28. The van der Waals surface area contributed by atoms with E-state index in [9.17, 15) is 4.79 Å². The number of carbonyl (C=O) groups is 1. The number of fused-ring (bicyclic) bond motifs is 1. The van der Waals surface area contributed by atoms with Crippen LogP contribution in [0.4, 0.5) is 0 Å². The molecule has 2 aliphatic rings. The van der Waals surface area contributed by atoms with Gasteiger partial charge >= 0.3 is 5.97 Å². The molecule has 1 atom stereocenters. The average molecular weight is 288 g/mol. The van der Waals surface area contributed by atoms with Crippen LogP contribution >= 0.6 is 12.2 Å². The molecule has 0 saturated heterocycles. The van der Waals surface area contributed by atoms with E-state index in [-0.39, 0.29) is 12.1 Å². The number of esters is 1. The normalized spacial score (nSPS) is 21.1. The standard InChI is InChI=1S/C15H16N2O2S/c1-9-12(8-16-15(20)17-9)14(18)19-13-7-6-10-4-2-3-5-11(10)13/h2-5,13H,6-8H2,1H3,(H2,16,17,20). The zero-order valence-corrected chi connectivity index (χ0v) is 12.0. The van der Waals surface area contributed by atoms with Crippen molar-refractivity contribution in [3.63, 3.8) is 0 Å². The first kappa shape index (κ1) is 13.1. The first-order chi connectivity index (χ1) is 9.65. The lowest BCUT2D eigenvalue weighted by molar-refractivity contribution is -0.144. The van der Waals surface area contributed by atoms with Gasteiger partial charge in [-0.05, 0) is 43.1 Å². The summed E-state index contributed by atoms with van der Waals surface area (Å²) >= 11 is 5.01. The second kappa shape index (κ2) is 5.25. The molecule has 1 aliphatic heterocycles. The van der Waals surface area contributed by atoms with Crippen LogP contribution < -0.4 is 10.6 Å². The van der Waals surface area contributed by atoms with Crippen LogP contribution in [-0.2, 0) is 16.0 Å². The van der Waals surface area contributed by atoms with Gasteiger partial charge in [-0.2, -0.15) is 0 Å². The molecule has 0 fully saturated rings. The third-order valence-corrected chi connectivity index (χ3v) is 4.00. The van der Waals surface area contributed by atoms with Crippen molar-refractivity contribution in [3.8, 4) is 0 Å². The smallest absolute Gasteiger partial charge is 0.338 e. The Morgan fingerprint density at radius 3 is 3.00 bits per heavy atom. The quantitative estimate of drug-likeness (QED) is 0.643. The Morgan fingerprint density at radius 2 is 2.20 bits per heavy atom. The lowest BCUT2D eigenvalue weighted by Gasteiger charge is -2.22. The largest absolute Gasteiger partial charge is 0.454 e. The number of hydrogen-bond donors (Lipinski definition) is 2. The molecule has 0 amide bonds. The fraction of sp³-hybridized carbons (Fsp3) is 0.333. The molecular weight excluding hydrogens is 272 g/mol. The fourth-order valence-corrected chi connectivity index (χ4v) is 2.88. The van der Waals surface area contributed by atoms with Crippen LogP contribution in [0.15, 0.2) is 35.5 Å². The van der Waals surface area contributed by atoms with Gasteiger partial charge in [0.2, 0.25) is 0 Å². The van der Waals surface area contributed by atoms with Crippen LogP contribution in [0, 0.1) is 0 Å². The summed E-state index contributed by atoms with van der Waals surface area (Å²) in [6.45, 7) is 2.26. The number of thiocarbonyl (C=S) groups is 1. The van der Waals surface area contributed by atoms with Crippen molar-refractivity contribution in [2.45, 2.75) is 25.9 Å². The monoisotopic (exact) mass is 288 g/mol. The number of carbonyl (C=O) groups excluding carboxylic acids is 1. The lowest BCUT2D eigenvalue weighted by atomic mass is 10.1. The van der Waals surface area contributed by atoms with Gasteiger partial charge in [0.15, 0.2) is 5.11 Å². The molecule has 4 nitrogen and oxygen atoms in total. The van der Waals surface area contributed by atoms with Gasteiger partial charge in [0, 0.05) is 5.70 Å². The lowest BCUT2D eigenvalue weighted by Crippen LogP contribution is -2.43. The Hall–Kier alpha value is -1.88. The summed E-state index contributed by atoms with van der Waals surface area (Å²) in [5.41, 5.74) is 3.79. The highest BCUT2D eigenvalue weighted by atomic mass is 32.1. The molecule has 1 heterocycles. The summed E-state index contributed by atoms with van der Waals surface area (Å²) in [7, 11) is 0. The van der Waals surface area contributed by atoms with Gasteiger partial charge in [-0.15, -0.1) is 0 Å². The topological polar surface area (TPSA) is 50.4 Å². The van der Waals surface area contributed by atoms with Crippen LogP contribution in [0.25, 0.3) is 0 Å². The van der Waals surface area contributed by atoms with Crippen LogP contribution in [0.5, 0.6) is 0 Å². The first-order valence-corrected chi connectivity index (χ1v) is 7.09. The summed E-state index contributed by atoms with van der Waals surface area (Å²) in [4.78, 5) is 12.3. The van der Waals surface area contributed by atoms with Crippen LogP contribution in [0.2, 0.25) is 0 Å². The predicted molar refractivity (Wildman–Crippen MR) is 80.0 cm³/mol. The molecule has 0 saturated carbocycles. The van der Waals surface area contributed by atoms with E-state index in [2.05, 4.69) is 16.7 Å². The molecule has 3 rings (SSSR count). The number of hydrogen-bond acceptors (Lipinski definition) is 3. The Labute approximate surface area is 123 Å². The van der Waals surface area contributed by atoms with Crippen LogP contribution in [0.1, 0.15) is 30.6 Å². The zero-order valence-electron chi connectivity index (χ0n) is 11.2. The molecule has 5 heteroatoms. The van der Waals surface area contributed by atoms with E-state index in [4.69, 9.17) is 17.0 Å². The summed E-state index contributed by atoms with van der Waals surface area (Å²) < 4.78 is 5.66. The third-order valence-electron chi connectivity index (χ3n) is 3.75. The van der Waals surface area contributed by atoms with E-state index in [1.165, 1.54) is 5.56 Å². The number of aryl methyl sites for hydroxylation is 1. The SMILES string of the molecule is CC1=C(C(=O)OC2CCc3ccccc32)CNC(=S)N1. The Balaban J connectivity index is 1.75. The van der Waals surface area contributed by atoms with E-state index >= 15 is 0 Å². The van der Waals surface area contributed by atoms with Gasteiger partial charge in [0.1, 0.15) is 6.10 Å². The van der Waals surface area contributed by atoms with Gasteiger partial charge in [-0.1, -0.05) is 24.3 Å². The molecule has 1 aliphatic carbocycles. The molecule has 20 heavy (non-hydrogen) atoms. The number of nitrogens with one attached hydrogen (secondary N) is 2. The minimum atomic E-state index is -0.272. The number of benzene rings is 1. The van der Waals surface area contributed by atoms with E-state index in [0.717, 1.165) is 24.1 Å². The van der Waals surface area contributed by atoms with Crippen molar-refractivity contribution in [1.82, 2.24) is 10.6 Å². The summed E-state index contributed by atoms with van der Waals surface area (Å²) in [5, 5.41) is 6.45. The second-order valence-electron chi connectivity index (χ2n) is 5.04. The van der Waals surface area contributed by atoms with Crippen LogP contribution in [-0.4, -0.2) is 17.6 Å². The maximum Gasteiger partial charge on any atom is 0.338 e. The number of rotatable bonds is 2. The van der Waals surface area contributed by atoms with E-state index in [1.807, 2.05) is 25.1 Å². The van der Waals surface area contributed by atoms with E-state index in [0.29, 0.717) is 17.2 Å². The van der Waals surface area contributed by atoms with Crippen LogP contribution in [0.3, 0.4) is 0 Å². The third kappa shape index (κ3) is 2.41. The molecule has 2 N–H and O–H groups in total. The van der Waals surface area contributed by atoms with Gasteiger partial charge < -0.3 is 15.4 Å². The summed E-state index contributed by atoms with van der Waals surface area (Å²) in [6.07, 6.45) is 1.69. The highest BCUT2D eigenvalue weighted by molar-refractivity contribution is 7.80. The van der Waals surface area contributed by atoms with Gasteiger partial charge in [0.25, 0.3) is 0 Å². The molecule has 0 spiro atoms. The highest BCUT2D eigenvalue weighted by Crippen LogP contribution is 2.34. The average Bonchev–Trinajstić information content (AvgIpc) is 2.82. The van der Waals surface area contributed by atoms with E-state index in [1.54, 1.807) is 0 Å². The number of allylic oxidation sites excluding steroid dienone is 1. The van der Waals surface area contributed by atoms with Crippen molar-refractivity contribution in [2.75, 3.05) is 6.54 Å². The predicted octanol–water partition coefficient (Wildman–Crippen LogP) is 1.97. The fourth-order valence-electron chi connectivity index (χ4n) is 2.66. The second-order valence-corrected chi connectivity index (χ2v) is 5.45. The van der Waals surface area contributed by atoms with Gasteiger partial charge in [-0.3, -0.25) is 0 Å². The molecule has 0 aromatic heterocycles. The zero-order chi connectivity index (χ0) is 14.1. The van der Waals surface area contributed by atoms with E-state index < -0.39 is 0 Å². The molecule has 1 unspecified atom stereocenters. The van der Waals surface area contributed by atoms with Gasteiger partial charge in [0.05, 0.1) is 12.1 Å². The maximum atomic E-state index is 12.3. The van der Waals surface area contributed by atoms with Gasteiger partial charge in [-0.25, -0.2) is 4.79 Å². The van der Waals surface area contributed by atoms with Crippen molar-refractivity contribution >= 4 is 23.3 Å². The molecule has 0 bridgehead atoms. The van der Waals surface area contributed by atoms with Crippen molar-refractivity contribution in [2.24, 2.45) is 0 Å². The number of ether oxygens (including phenoxy) is 1. The minimum absolute atomic E-state index is 0.132. The maximum absolute atomic E-state index is 12.3. The molecule has 104 valence electrons. The Bertz CT molecular complexity index is 610. The van der Waals surface area contributed by atoms with Crippen molar-refractivity contribution in [1.29, 1.82) is 0 Å². The Morgan fingerprint density at radius 1 is 1.40 bits per heavy atom. The van der Waals surface area contributed by atoms with Crippen molar-refractivity contribution < 1.29 is 9.53 Å². The molecule has 1 aromatic rings. The van der Waals surface area contributed by atoms with Crippen molar-refractivity contribution in [3.05, 3.63) is 46.7 Å².